The fraction of sp³-hybridized carbons (Fsp3) is 0.778. The third-order valence-electron chi connectivity index (χ3n) is 1.66. The summed E-state index contributed by atoms with van der Waals surface area (Å²) in [6, 6.07) is 0. The van der Waals surface area contributed by atoms with Crippen molar-refractivity contribution < 1.29 is 23.9 Å². The van der Waals surface area contributed by atoms with Crippen LogP contribution in [-0.2, 0) is 23.9 Å². The topological polar surface area (TPSA) is 65.1 Å². The van der Waals surface area contributed by atoms with Crippen LogP contribution in [-0.4, -0.2) is 45.9 Å². The first-order valence-corrected chi connectivity index (χ1v) is 6.16. The normalized spacial score (nSPS) is 11.6. The van der Waals surface area contributed by atoms with E-state index >= 15 is 0 Å². The number of ether oxygens (including phenoxy) is 2. The predicted octanol–water partition coefficient (Wildman–Crippen LogP) is -0.637. The van der Waals surface area contributed by atoms with Gasteiger partial charge in [0.1, 0.15) is 0 Å². The molecule has 0 unspecified atom stereocenters. The second kappa shape index (κ2) is 6.61. The molecule has 0 rings (SSSR count). The van der Waals surface area contributed by atoms with Gasteiger partial charge in [0.2, 0.25) is 0 Å². The zero-order valence-electron chi connectivity index (χ0n) is 10.4. The molecule has 0 radical (unpaired) electrons. The average molecular weight is 249 g/mol. The van der Waals surface area contributed by atoms with Crippen LogP contribution in [0.4, 0.5) is 0 Å². The molecule has 0 aliphatic carbocycles. The minimum Gasteiger partial charge on any atom is -0.402 e. The SMILES string of the molecule is CCN(CC)OC([SiH3])(OC(C)=O)OC(C)=O. The number of esters is 2. The van der Waals surface area contributed by atoms with E-state index in [4.69, 9.17) is 14.3 Å². The Bertz CT molecular complexity index is 238. The molecule has 0 aliphatic heterocycles. The Balaban J connectivity index is 4.63. The lowest BCUT2D eigenvalue weighted by molar-refractivity contribution is -0.374. The molecule has 94 valence electrons. The van der Waals surface area contributed by atoms with Crippen molar-refractivity contribution in [1.82, 2.24) is 5.06 Å². The maximum atomic E-state index is 10.9. The van der Waals surface area contributed by atoms with Crippen molar-refractivity contribution >= 4 is 22.2 Å². The Kier molecular flexibility index (Phi) is 6.23. The van der Waals surface area contributed by atoms with Gasteiger partial charge in [-0.05, 0) is 0 Å². The van der Waals surface area contributed by atoms with Crippen LogP contribution < -0.4 is 0 Å². The van der Waals surface area contributed by atoms with Crippen LogP contribution in [0.15, 0.2) is 0 Å². The molecule has 0 saturated heterocycles. The molecule has 0 bridgehead atoms. The first-order valence-electron chi connectivity index (χ1n) is 5.16. The van der Waals surface area contributed by atoms with Crippen LogP contribution in [0, 0.1) is 0 Å². The summed E-state index contributed by atoms with van der Waals surface area (Å²) in [4.78, 5) is 27.2. The van der Waals surface area contributed by atoms with Crippen molar-refractivity contribution in [3.8, 4) is 0 Å². The monoisotopic (exact) mass is 249 g/mol. The number of hydroxylamine groups is 2. The fourth-order valence-corrected chi connectivity index (χ4v) is 2.00. The second-order valence-corrected chi connectivity index (χ2v) is 4.48. The maximum absolute atomic E-state index is 10.9. The molecule has 0 atom stereocenters. The lowest BCUT2D eigenvalue weighted by Gasteiger charge is -2.32. The van der Waals surface area contributed by atoms with Crippen molar-refractivity contribution in [1.29, 1.82) is 0 Å². The minimum atomic E-state index is -1.57. The van der Waals surface area contributed by atoms with Crippen molar-refractivity contribution in [2.75, 3.05) is 13.1 Å². The van der Waals surface area contributed by atoms with E-state index < -0.39 is 17.5 Å². The summed E-state index contributed by atoms with van der Waals surface area (Å²) in [5.74, 6) is -1.10. The second-order valence-electron chi connectivity index (χ2n) is 3.26. The van der Waals surface area contributed by atoms with Crippen LogP contribution in [0.3, 0.4) is 0 Å². The molecule has 0 aliphatic rings. The van der Waals surface area contributed by atoms with Crippen LogP contribution in [0.2, 0.25) is 0 Å². The minimum absolute atomic E-state index is 0.221. The zero-order valence-corrected chi connectivity index (χ0v) is 12.4. The van der Waals surface area contributed by atoms with Gasteiger partial charge < -0.3 is 9.47 Å². The summed E-state index contributed by atoms with van der Waals surface area (Å²) in [6.45, 7) is 7.44. The number of nitrogens with zero attached hydrogens (tertiary/aromatic N) is 1. The molecule has 0 spiro atoms. The van der Waals surface area contributed by atoms with Crippen LogP contribution >= 0.6 is 0 Å². The number of hydrogen-bond donors (Lipinski definition) is 0. The zero-order chi connectivity index (χ0) is 12.8. The number of carbonyl (C=O) groups is 2. The van der Waals surface area contributed by atoms with Crippen molar-refractivity contribution in [2.45, 2.75) is 33.3 Å². The Morgan fingerprint density at radius 3 is 1.75 bits per heavy atom. The summed E-state index contributed by atoms with van der Waals surface area (Å²) in [6.07, 6.45) is 0. The first kappa shape index (κ1) is 15.1. The molecule has 7 heteroatoms. The standard InChI is InChI=1S/C9H19NO5Si/c1-5-10(6-2)15-9(16,13-7(3)11)14-8(4)12/h5-6H2,1-4,16H3. The van der Waals surface area contributed by atoms with Gasteiger partial charge >= 0.3 is 17.5 Å². The van der Waals surface area contributed by atoms with Gasteiger partial charge in [0.25, 0.3) is 0 Å². The highest BCUT2D eigenvalue weighted by atomic mass is 28.1. The molecule has 16 heavy (non-hydrogen) atoms. The molecular weight excluding hydrogens is 230 g/mol. The number of hydrogen-bond acceptors (Lipinski definition) is 6. The Morgan fingerprint density at radius 2 is 1.50 bits per heavy atom. The predicted molar refractivity (Wildman–Crippen MR) is 60.2 cm³/mol. The molecule has 0 fully saturated rings. The van der Waals surface area contributed by atoms with Gasteiger partial charge in [0.15, 0.2) is 10.2 Å². The van der Waals surface area contributed by atoms with Crippen LogP contribution in [0.1, 0.15) is 27.7 Å². The van der Waals surface area contributed by atoms with Crippen molar-refractivity contribution in [2.24, 2.45) is 0 Å². The smallest absolute Gasteiger partial charge is 0.347 e. The Labute approximate surface area is 98.2 Å². The highest BCUT2D eigenvalue weighted by Gasteiger charge is 2.34. The fourth-order valence-electron chi connectivity index (χ4n) is 1.17. The summed E-state index contributed by atoms with van der Waals surface area (Å²) >= 11 is 0. The van der Waals surface area contributed by atoms with Crippen molar-refractivity contribution in [3.63, 3.8) is 0 Å². The van der Waals surface area contributed by atoms with E-state index in [2.05, 4.69) is 0 Å². The number of rotatable bonds is 6. The highest BCUT2D eigenvalue weighted by molar-refractivity contribution is 6.13. The molecular formula is C9H19NO5Si. The first-order chi connectivity index (χ1) is 7.33. The average Bonchev–Trinajstić information content (AvgIpc) is 2.11. The summed E-state index contributed by atoms with van der Waals surface area (Å²) in [5, 5.41) is 1.55. The maximum Gasteiger partial charge on any atom is 0.347 e. The van der Waals surface area contributed by atoms with Gasteiger partial charge in [0, 0.05) is 26.9 Å². The highest BCUT2D eigenvalue weighted by Crippen LogP contribution is 2.14. The molecule has 0 aromatic heterocycles. The summed E-state index contributed by atoms with van der Waals surface area (Å²) in [7, 11) is 0.221. The Morgan fingerprint density at radius 1 is 1.12 bits per heavy atom. The van der Waals surface area contributed by atoms with E-state index in [0.717, 1.165) is 0 Å². The summed E-state index contributed by atoms with van der Waals surface area (Å²) < 4.78 is 9.80. The number of carbonyl (C=O) groups excluding carboxylic acids is 2. The molecule has 0 aromatic carbocycles. The van der Waals surface area contributed by atoms with E-state index in [1.807, 2.05) is 13.8 Å². The third kappa shape index (κ3) is 5.84. The van der Waals surface area contributed by atoms with Crippen LogP contribution in [0.25, 0.3) is 0 Å². The molecule has 0 saturated carbocycles. The van der Waals surface area contributed by atoms with E-state index in [1.165, 1.54) is 13.8 Å². The Hall–Kier alpha value is -0.923. The van der Waals surface area contributed by atoms with E-state index in [-0.39, 0.29) is 10.2 Å². The van der Waals surface area contributed by atoms with E-state index in [0.29, 0.717) is 13.1 Å². The largest absolute Gasteiger partial charge is 0.402 e. The van der Waals surface area contributed by atoms with Gasteiger partial charge in [-0.1, -0.05) is 13.8 Å². The van der Waals surface area contributed by atoms with Gasteiger partial charge in [-0.2, -0.15) is 5.06 Å². The quantitative estimate of drug-likeness (QED) is 0.270. The van der Waals surface area contributed by atoms with Gasteiger partial charge in [-0.3, -0.25) is 9.59 Å². The third-order valence-corrected chi connectivity index (χ3v) is 2.25. The lowest BCUT2D eigenvalue weighted by Crippen LogP contribution is -2.47. The molecule has 6 nitrogen and oxygen atoms in total. The molecule has 0 N–H and O–H groups in total. The van der Waals surface area contributed by atoms with E-state index in [9.17, 15) is 9.59 Å². The molecule has 0 heterocycles. The van der Waals surface area contributed by atoms with Gasteiger partial charge in [0.05, 0.1) is 0 Å². The summed E-state index contributed by atoms with van der Waals surface area (Å²) in [5.41, 5.74) is -1.57. The van der Waals surface area contributed by atoms with Gasteiger partial charge in [-0.15, -0.1) is 0 Å². The van der Waals surface area contributed by atoms with E-state index in [1.54, 1.807) is 5.06 Å². The van der Waals surface area contributed by atoms with Gasteiger partial charge in [-0.25, -0.2) is 4.84 Å². The molecule has 0 aromatic rings. The van der Waals surface area contributed by atoms with Crippen molar-refractivity contribution in [3.05, 3.63) is 0 Å². The van der Waals surface area contributed by atoms with Crippen LogP contribution in [0.5, 0.6) is 0 Å². The lowest BCUT2D eigenvalue weighted by atomic mass is 10.6. The molecule has 0 amide bonds.